The number of hydrogen-bond acceptors (Lipinski definition) is 6. The summed E-state index contributed by atoms with van der Waals surface area (Å²) in [4.78, 5) is 12.3. The number of esters is 1. The predicted octanol–water partition coefficient (Wildman–Crippen LogP) is 5.96. The first-order chi connectivity index (χ1) is 15.8. The molecule has 3 fully saturated rings. The largest absolute Gasteiger partial charge is 0.462 e. The van der Waals surface area contributed by atoms with Gasteiger partial charge >= 0.3 is 5.97 Å². The quantitative estimate of drug-likeness (QED) is 0.417. The van der Waals surface area contributed by atoms with Crippen LogP contribution in [0.4, 0.5) is 0 Å². The van der Waals surface area contributed by atoms with E-state index in [0.29, 0.717) is 30.1 Å². The molecule has 3 aliphatic heterocycles. The third kappa shape index (κ3) is 6.16. The van der Waals surface area contributed by atoms with Crippen molar-refractivity contribution in [2.75, 3.05) is 0 Å². The average molecular weight is 483 g/mol. The molecule has 3 heterocycles. The van der Waals surface area contributed by atoms with Gasteiger partial charge in [-0.25, -0.2) is 0 Å². The lowest BCUT2D eigenvalue weighted by Gasteiger charge is -2.48. The number of cyclic esters (lactones) is 1. The Morgan fingerprint density at radius 3 is 2.18 bits per heavy atom. The van der Waals surface area contributed by atoms with Gasteiger partial charge in [0, 0.05) is 19.3 Å². The lowest BCUT2D eigenvalue weighted by atomic mass is 9.77. The van der Waals surface area contributed by atoms with Crippen LogP contribution >= 0.6 is 0 Å². The minimum Gasteiger partial charge on any atom is -0.462 e. The third-order valence-corrected chi connectivity index (χ3v) is 9.26. The first-order valence-corrected chi connectivity index (χ1v) is 13.7. The summed E-state index contributed by atoms with van der Waals surface area (Å²) in [6.45, 7) is 21.7. The summed E-state index contributed by atoms with van der Waals surface area (Å²) < 4.78 is 31.4. The minimum absolute atomic E-state index is 0.0174. The number of carbonyl (C=O) groups is 1. The molecule has 1 unspecified atom stereocenters. The Morgan fingerprint density at radius 1 is 0.941 bits per heavy atom. The SMILES string of the molecule is CC[C@@H](CC1OC(=O)[C@H](C)[C@@H](C)[C@H]1C)O[C@H]1CC(C)(C)[C@@H](O[C@H]2C[C@@H](C)[C@H](C)[C@@H](C)O2)[C@H](C)O1. The zero-order valence-corrected chi connectivity index (χ0v) is 23.2. The maximum atomic E-state index is 12.3. The smallest absolute Gasteiger partial charge is 0.309 e. The van der Waals surface area contributed by atoms with Gasteiger partial charge in [0.15, 0.2) is 12.6 Å². The van der Waals surface area contributed by atoms with Crippen LogP contribution in [-0.2, 0) is 28.5 Å². The van der Waals surface area contributed by atoms with E-state index in [9.17, 15) is 4.79 Å². The normalized spacial score (nSPS) is 46.1. The van der Waals surface area contributed by atoms with Gasteiger partial charge in [0.2, 0.25) is 0 Å². The number of hydrogen-bond donors (Lipinski definition) is 0. The van der Waals surface area contributed by atoms with E-state index in [2.05, 4.69) is 62.3 Å². The van der Waals surface area contributed by atoms with Gasteiger partial charge in [-0.2, -0.15) is 0 Å². The van der Waals surface area contributed by atoms with Crippen molar-refractivity contribution in [3.63, 3.8) is 0 Å². The van der Waals surface area contributed by atoms with Crippen molar-refractivity contribution < 1.29 is 28.5 Å². The average Bonchev–Trinajstić information content (AvgIpc) is 2.75. The van der Waals surface area contributed by atoms with Crippen molar-refractivity contribution in [1.29, 1.82) is 0 Å². The van der Waals surface area contributed by atoms with Crippen LogP contribution < -0.4 is 0 Å². The Bertz CT molecular complexity index is 668. The molecule has 0 saturated carbocycles. The summed E-state index contributed by atoms with van der Waals surface area (Å²) >= 11 is 0. The molecule has 0 aromatic heterocycles. The molecule has 12 atom stereocenters. The van der Waals surface area contributed by atoms with Crippen molar-refractivity contribution in [1.82, 2.24) is 0 Å². The van der Waals surface area contributed by atoms with Crippen molar-refractivity contribution >= 4 is 5.97 Å². The molecule has 0 spiro atoms. The lowest BCUT2D eigenvalue weighted by molar-refractivity contribution is -0.316. The molecule has 3 saturated heterocycles. The summed E-state index contributed by atoms with van der Waals surface area (Å²) in [5.41, 5.74) is -0.117. The second kappa shape index (κ2) is 11.1. The van der Waals surface area contributed by atoms with Crippen LogP contribution in [-0.4, -0.2) is 49.1 Å². The van der Waals surface area contributed by atoms with Gasteiger partial charge in [-0.15, -0.1) is 0 Å². The van der Waals surface area contributed by atoms with Gasteiger partial charge in [0.05, 0.1) is 30.3 Å². The van der Waals surface area contributed by atoms with Gasteiger partial charge < -0.3 is 23.7 Å². The van der Waals surface area contributed by atoms with E-state index >= 15 is 0 Å². The molecule has 0 radical (unpaired) electrons. The van der Waals surface area contributed by atoms with Crippen molar-refractivity contribution in [3.05, 3.63) is 0 Å². The van der Waals surface area contributed by atoms with E-state index in [0.717, 1.165) is 19.3 Å². The molecule has 34 heavy (non-hydrogen) atoms. The van der Waals surface area contributed by atoms with Crippen LogP contribution in [0.5, 0.6) is 0 Å². The molecule has 0 aromatic carbocycles. The van der Waals surface area contributed by atoms with Gasteiger partial charge in [-0.3, -0.25) is 4.79 Å². The molecule has 0 bridgehead atoms. The highest BCUT2D eigenvalue weighted by Gasteiger charge is 2.47. The van der Waals surface area contributed by atoms with E-state index in [1.54, 1.807) is 0 Å². The molecule has 0 aliphatic carbocycles. The lowest BCUT2D eigenvalue weighted by Crippen LogP contribution is -2.54. The standard InChI is InChI=1S/C28H50O6/c1-11-22(13-23-18(5)17(4)19(6)27(29)33-23)32-25-14-28(9,10)26(21(8)31-25)34-24-12-15(2)16(3)20(7)30-24/h15-26H,11-14H2,1-10H3/t15-,16+,17+,18-,19-,20-,21+,22+,23?,24+,25+,26+/m1/s1. The number of ether oxygens (including phenoxy) is 5. The van der Waals surface area contributed by atoms with E-state index in [1.165, 1.54) is 0 Å². The topological polar surface area (TPSA) is 63.2 Å². The van der Waals surface area contributed by atoms with Crippen LogP contribution in [0.15, 0.2) is 0 Å². The van der Waals surface area contributed by atoms with E-state index in [4.69, 9.17) is 23.7 Å². The molecule has 0 amide bonds. The second-order valence-electron chi connectivity index (χ2n) is 12.2. The number of rotatable bonds is 7. The first kappa shape index (κ1) is 27.9. The van der Waals surface area contributed by atoms with Crippen molar-refractivity contribution in [3.8, 4) is 0 Å². The summed E-state index contributed by atoms with van der Waals surface area (Å²) in [5, 5.41) is 0. The monoisotopic (exact) mass is 482 g/mol. The highest BCUT2D eigenvalue weighted by atomic mass is 16.7. The second-order valence-corrected chi connectivity index (χ2v) is 12.2. The Balaban J connectivity index is 1.58. The first-order valence-electron chi connectivity index (χ1n) is 13.7. The molecule has 0 aromatic rings. The van der Waals surface area contributed by atoms with Crippen molar-refractivity contribution in [2.24, 2.45) is 35.0 Å². The Kier molecular flexibility index (Phi) is 9.14. The van der Waals surface area contributed by atoms with E-state index < -0.39 is 0 Å². The fourth-order valence-electron chi connectivity index (χ4n) is 5.99. The van der Waals surface area contributed by atoms with E-state index in [1.807, 2.05) is 6.92 Å². The van der Waals surface area contributed by atoms with Crippen molar-refractivity contribution in [2.45, 2.75) is 138 Å². The molecular formula is C28H50O6. The zero-order chi connectivity index (χ0) is 25.4. The van der Waals surface area contributed by atoms with Crippen LogP contribution in [0, 0.1) is 35.0 Å². The van der Waals surface area contributed by atoms with Gasteiger partial charge in [0.1, 0.15) is 6.10 Å². The van der Waals surface area contributed by atoms with Crippen LogP contribution in [0.1, 0.15) is 94.9 Å². The summed E-state index contributed by atoms with van der Waals surface area (Å²) in [5.74, 6) is 1.59. The molecule has 0 N–H and O–H groups in total. The Hall–Kier alpha value is -0.690. The summed E-state index contributed by atoms with van der Waals surface area (Å²) in [7, 11) is 0. The predicted molar refractivity (Wildman–Crippen MR) is 132 cm³/mol. The highest BCUT2D eigenvalue weighted by molar-refractivity contribution is 5.73. The molecule has 6 nitrogen and oxygen atoms in total. The Morgan fingerprint density at radius 2 is 1.59 bits per heavy atom. The molecular weight excluding hydrogens is 432 g/mol. The maximum Gasteiger partial charge on any atom is 0.309 e. The highest BCUT2D eigenvalue weighted by Crippen LogP contribution is 2.42. The molecule has 3 aliphatic rings. The van der Waals surface area contributed by atoms with E-state index in [-0.39, 0.29) is 60.4 Å². The van der Waals surface area contributed by atoms with Crippen LogP contribution in [0.25, 0.3) is 0 Å². The Labute approximate surface area is 207 Å². The fraction of sp³-hybridized carbons (Fsp3) is 0.964. The fourth-order valence-corrected chi connectivity index (χ4v) is 5.99. The maximum absolute atomic E-state index is 12.3. The summed E-state index contributed by atoms with van der Waals surface area (Å²) in [6, 6.07) is 0. The minimum atomic E-state index is -0.300. The molecule has 198 valence electrons. The number of carbonyl (C=O) groups excluding carboxylic acids is 1. The van der Waals surface area contributed by atoms with Gasteiger partial charge in [-0.1, -0.05) is 55.4 Å². The van der Waals surface area contributed by atoms with Gasteiger partial charge in [0.25, 0.3) is 0 Å². The van der Waals surface area contributed by atoms with Crippen LogP contribution in [0.2, 0.25) is 0 Å². The van der Waals surface area contributed by atoms with Crippen LogP contribution in [0.3, 0.4) is 0 Å². The molecule has 6 heteroatoms. The zero-order valence-electron chi connectivity index (χ0n) is 23.2. The third-order valence-electron chi connectivity index (χ3n) is 9.26. The molecule has 3 rings (SSSR count). The summed E-state index contributed by atoms with van der Waals surface area (Å²) in [6.07, 6.45) is 2.63. The van der Waals surface area contributed by atoms with Gasteiger partial charge in [-0.05, 0) is 49.4 Å².